The predicted octanol–water partition coefficient (Wildman–Crippen LogP) is 4.61. The fourth-order valence-corrected chi connectivity index (χ4v) is 5.76. The molecule has 5 aliphatic carbocycles. The number of rotatable bonds is 1. The Morgan fingerprint density at radius 1 is 0.778 bits per heavy atom. The van der Waals surface area contributed by atoms with Crippen LogP contribution in [0.2, 0.25) is 0 Å². The first-order valence-corrected chi connectivity index (χ1v) is 7.69. The molecule has 4 saturated carbocycles. The summed E-state index contributed by atoms with van der Waals surface area (Å²) in [6, 6.07) is 9.00. The largest absolute Gasteiger partial charge is 0.0616 e. The molecule has 6 rings (SSSR count). The summed E-state index contributed by atoms with van der Waals surface area (Å²) in [5, 5.41) is 0. The second-order valence-electron chi connectivity index (χ2n) is 7.14. The lowest BCUT2D eigenvalue weighted by molar-refractivity contribution is -0.0120. The van der Waals surface area contributed by atoms with Crippen LogP contribution in [-0.4, -0.2) is 0 Å². The Morgan fingerprint density at radius 2 is 1.44 bits per heavy atom. The van der Waals surface area contributed by atoms with Gasteiger partial charge in [0, 0.05) is 0 Å². The molecule has 92 valence electrons. The summed E-state index contributed by atoms with van der Waals surface area (Å²) in [7, 11) is 0. The first-order valence-electron chi connectivity index (χ1n) is 7.69. The van der Waals surface area contributed by atoms with Crippen LogP contribution in [0.1, 0.15) is 43.2 Å². The monoisotopic (exact) mass is 236 g/mol. The summed E-state index contributed by atoms with van der Waals surface area (Å²) >= 11 is 0. The van der Waals surface area contributed by atoms with Gasteiger partial charge in [0.25, 0.3) is 0 Å². The molecule has 4 fully saturated rings. The lowest BCUT2D eigenvalue weighted by atomic mass is 9.49. The Hall–Kier alpha value is -1.04. The van der Waals surface area contributed by atoms with Crippen molar-refractivity contribution < 1.29 is 0 Å². The molecule has 0 aliphatic heterocycles. The highest BCUT2D eigenvalue weighted by Gasteiger charge is 2.50. The summed E-state index contributed by atoms with van der Waals surface area (Å²) in [5.74, 6) is 5.17. The van der Waals surface area contributed by atoms with Crippen molar-refractivity contribution in [2.24, 2.45) is 29.6 Å². The third kappa shape index (κ3) is 1.17. The topological polar surface area (TPSA) is 0 Å². The first kappa shape index (κ1) is 9.83. The lowest BCUT2D eigenvalue weighted by Crippen LogP contribution is -2.45. The van der Waals surface area contributed by atoms with E-state index in [0.717, 1.165) is 29.6 Å². The summed E-state index contributed by atoms with van der Waals surface area (Å²) in [6.45, 7) is 0. The summed E-state index contributed by atoms with van der Waals surface area (Å²) < 4.78 is 0. The summed E-state index contributed by atoms with van der Waals surface area (Å²) in [5.41, 5.74) is 4.79. The minimum atomic E-state index is 0.924. The van der Waals surface area contributed by atoms with Crippen LogP contribution in [0.4, 0.5) is 0 Å². The SMILES string of the molecule is C1=C(C2C3CC4CC(C3)CC2C4)c2ccccc21. The van der Waals surface area contributed by atoms with Crippen molar-refractivity contribution in [2.45, 2.75) is 32.1 Å². The first-order chi connectivity index (χ1) is 8.88. The molecule has 0 spiro atoms. The highest BCUT2D eigenvalue weighted by molar-refractivity contribution is 5.96. The van der Waals surface area contributed by atoms with Crippen LogP contribution in [0.5, 0.6) is 0 Å². The maximum atomic E-state index is 2.49. The number of benzene rings is 1. The van der Waals surface area contributed by atoms with Gasteiger partial charge in [0.15, 0.2) is 0 Å². The summed E-state index contributed by atoms with van der Waals surface area (Å²) in [6.07, 6.45) is 10.2. The van der Waals surface area contributed by atoms with E-state index in [1.54, 1.807) is 17.6 Å². The number of allylic oxidation sites excluding steroid dienone is 1. The fourth-order valence-electron chi connectivity index (χ4n) is 5.76. The molecule has 0 radical (unpaired) electrons. The zero-order valence-corrected chi connectivity index (χ0v) is 10.8. The van der Waals surface area contributed by atoms with Gasteiger partial charge in [-0.1, -0.05) is 30.3 Å². The maximum Gasteiger partial charge on any atom is -0.00985 e. The quantitative estimate of drug-likeness (QED) is 0.668. The highest BCUT2D eigenvalue weighted by Crippen LogP contribution is 2.61. The number of hydrogen-bond donors (Lipinski definition) is 0. The molecule has 4 bridgehead atoms. The van der Waals surface area contributed by atoms with E-state index >= 15 is 0 Å². The number of hydrogen-bond acceptors (Lipinski definition) is 0. The molecule has 0 aromatic heterocycles. The molecule has 0 nitrogen and oxygen atoms in total. The Labute approximate surface area is 109 Å². The number of fused-ring (bicyclic) bond motifs is 1. The van der Waals surface area contributed by atoms with Crippen molar-refractivity contribution in [1.82, 2.24) is 0 Å². The van der Waals surface area contributed by atoms with Crippen molar-refractivity contribution in [3.8, 4) is 0 Å². The van der Waals surface area contributed by atoms with Crippen LogP contribution in [0.3, 0.4) is 0 Å². The molecule has 0 unspecified atom stereocenters. The molecule has 1 aromatic carbocycles. The second kappa shape index (κ2) is 3.29. The minimum Gasteiger partial charge on any atom is -0.0616 e. The van der Waals surface area contributed by atoms with Gasteiger partial charge in [-0.25, -0.2) is 0 Å². The zero-order chi connectivity index (χ0) is 11.7. The molecule has 1 aromatic rings. The smallest absolute Gasteiger partial charge is 0.00985 e. The maximum absolute atomic E-state index is 2.49. The fraction of sp³-hybridized carbons (Fsp3) is 0.556. The van der Waals surface area contributed by atoms with Gasteiger partial charge < -0.3 is 0 Å². The average molecular weight is 236 g/mol. The van der Waals surface area contributed by atoms with E-state index in [4.69, 9.17) is 0 Å². The van der Waals surface area contributed by atoms with Crippen LogP contribution in [-0.2, 0) is 0 Å². The van der Waals surface area contributed by atoms with Gasteiger partial charge in [-0.15, -0.1) is 0 Å². The van der Waals surface area contributed by atoms with Gasteiger partial charge in [-0.05, 0) is 78.4 Å². The molecular formula is C18H20. The lowest BCUT2D eigenvalue weighted by Gasteiger charge is -2.56. The Morgan fingerprint density at radius 3 is 2.11 bits per heavy atom. The average Bonchev–Trinajstić information content (AvgIpc) is 2.33. The highest BCUT2D eigenvalue weighted by atomic mass is 14.5. The van der Waals surface area contributed by atoms with Gasteiger partial charge in [0.05, 0.1) is 0 Å². The van der Waals surface area contributed by atoms with Crippen molar-refractivity contribution in [1.29, 1.82) is 0 Å². The molecular weight excluding hydrogens is 216 g/mol. The van der Waals surface area contributed by atoms with Gasteiger partial charge in [0.2, 0.25) is 0 Å². The normalized spacial score (nSPS) is 43.3. The standard InChI is InChI=1S/C18H20/c1-2-4-16-13(3-1)10-17(16)18-14-6-11-5-12(8-14)9-15(18)7-11/h1-4,10-12,14-15,18H,5-9H2. The van der Waals surface area contributed by atoms with E-state index in [1.165, 1.54) is 31.2 Å². The van der Waals surface area contributed by atoms with Crippen molar-refractivity contribution in [3.63, 3.8) is 0 Å². The molecule has 0 amide bonds. The van der Waals surface area contributed by atoms with Crippen LogP contribution in [0.15, 0.2) is 24.3 Å². The third-order valence-corrected chi connectivity index (χ3v) is 6.17. The molecule has 0 heteroatoms. The molecule has 18 heavy (non-hydrogen) atoms. The van der Waals surface area contributed by atoms with Crippen molar-refractivity contribution in [2.75, 3.05) is 0 Å². The van der Waals surface area contributed by atoms with E-state index in [-0.39, 0.29) is 0 Å². The molecule has 0 heterocycles. The van der Waals surface area contributed by atoms with Crippen molar-refractivity contribution in [3.05, 3.63) is 35.4 Å². The van der Waals surface area contributed by atoms with E-state index in [2.05, 4.69) is 30.3 Å². The van der Waals surface area contributed by atoms with Gasteiger partial charge in [-0.2, -0.15) is 0 Å². The minimum absolute atomic E-state index is 0.924. The second-order valence-corrected chi connectivity index (χ2v) is 7.14. The molecule has 5 aliphatic rings. The van der Waals surface area contributed by atoms with E-state index in [9.17, 15) is 0 Å². The zero-order valence-electron chi connectivity index (χ0n) is 10.8. The van der Waals surface area contributed by atoms with E-state index in [1.807, 2.05) is 0 Å². The predicted molar refractivity (Wildman–Crippen MR) is 74.8 cm³/mol. The Kier molecular flexibility index (Phi) is 1.80. The van der Waals surface area contributed by atoms with Gasteiger partial charge in [0.1, 0.15) is 0 Å². The van der Waals surface area contributed by atoms with Crippen LogP contribution in [0.25, 0.3) is 11.6 Å². The molecule has 0 N–H and O–H groups in total. The van der Waals surface area contributed by atoms with Gasteiger partial charge >= 0.3 is 0 Å². The van der Waals surface area contributed by atoms with Gasteiger partial charge in [-0.3, -0.25) is 0 Å². The van der Waals surface area contributed by atoms with E-state index < -0.39 is 0 Å². The third-order valence-electron chi connectivity index (χ3n) is 6.17. The van der Waals surface area contributed by atoms with Crippen LogP contribution in [0, 0.1) is 29.6 Å². The Bertz CT molecular complexity index is 509. The molecule has 0 atom stereocenters. The van der Waals surface area contributed by atoms with E-state index in [0.29, 0.717) is 0 Å². The van der Waals surface area contributed by atoms with Crippen molar-refractivity contribution >= 4 is 11.6 Å². The van der Waals surface area contributed by atoms with Crippen LogP contribution >= 0.6 is 0 Å². The Balaban J connectivity index is 1.52. The van der Waals surface area contributed by atoms with Crippen LogP contribution < -0.4 is 0 Å². The summed E-state index contributed by atoms with van der Waals surface area (Å²) in [4.78, 5) is 0. The molecule has 0 saturated heterocycles.